The van der Waals surface area contributed by atoms with Crippen LogP contribution in [-0.2, 0) is 7.05 Å². The van der Waals surface area contributed by atoms with Crippen molar-refractivity contribution in [1.29, 1.82) is 0 Å². The van der Waals surface area contributed by atoms with Gasteiger partial charge in [-0.05, 0) is 13.0 Å². The van der Waals surface area contributed by atoms with Gasteiger partial charge in [-0.2, -0.15) is 4.98 Å². The average Bonchev–Trinajstić information content (AvgIpc) is 2.79. The SMILES string of the molecule is Cc1cc(OC2CCN(c3nc(N)n(C)n3)CC2)ccn1. The lowest BCUT2D eigenvalue weighted by Crippen LogP contribution is -2.38. The first-order valence-electron chi connectivity index (χ1n) is 7.12. The molecule has 112 valence electrons. The molecule has 21 heavy (non-hydrogen) atoms. The molecule has 0 spiro atoms. The first-order valence-corrected chi connectivity index (χ1v) is 7.12. The Morgan fingerprint density at radius 3 is 2.71 bits per heavy atom. The van der Waals surface area contributed by atoms with Gasteiger partial charge in [-0.3, -0.25) is 4.98 Å². The second kappa shape index (κ2) is 5.59. The van der Waals surface area contributed by atoms with Crippen molar-refractivity contribution in [2.45, 2.75) is 25.9 Å². The van der Waals surface area contributed by atoms with Gasteiger partial charge in [0.2, 0.25) is 11.9 Å². The van der Waals surface area contributed by atoms with E-state index in [2.05, 4.69) is 20.0 Å². The van der Waals surface area contributed by atoms with E-state index in [1.165, 1.54) is 0 Å². The summed E-state index contributed by atoms with van der Waals surface area (Å²) < 4.78 is 7.61. The van der Waals surface area contributed by atoms with Crippen LogP contribution in [0.25, 0.3) is 0 Å². The van der Waals surface area contributed by atoms with Crippen LogP contribution in [-0.4, -0.2) is 38.9 Å². The average molecular weight is 288 g/mol. The number of piperidine rings is 1. The fraction of sp³-hybridized carbons (Fsp3) is 0.500. The molecule has 0 radical (unpaired) electrons. The summed E-state index contributed by atoms with van der Waals surface area (Å²) in [6.07, 6.45) is 3.89. The molecular formula is C14H20N6O. The van der Waals surface area contributed by atoms with Gasteiger partial charge in [-0.25, -0.2) is 4.68 Å². The predicted octanol–water partition coefficient (Wildman–Crippen LogP) is 1.15. The van der Waals surface area contributed by atoms with Crippen molar-refractivity contribution in [3.05, 3.63) is 24.0 Å². The summed E-state index contributed by atoms with van der Waals surface area (Å²) in [5, 5.41) is 4.31. The Morgan fingerprint density at radius 2 is 2.10 bits per heavy atom. The van der Waals surface area contributed by atoms with E-state index in [0.717, 1.165) is 37.4 Å². The largest absolute Gasteiger partial charge is 0.490 e. The van der Waals surface area contributed by atoms with E-state index in [9.17, 15) is 0 Å². The standard InChI is InChI=1S/C14H20N6O/c1-10-9-12(3-6-16-10)21-11-4-7-20(8-5-11)14-17-13(15)19(2)18-14/h3,6,9,11H,4-5,7-8H2,1-2H3,(H2,15,17,18). The lowest BCUT2D eigenvalue weighted by atomic mass is 10.1. The Kier molecular flexibility index (Phi) is 3.64. The Labute approximate surface area is 123 Å². The molecule has 2 aromatic rings. The lowest BCUT2D eigenvalue weighted by Gasteiger charge is -2.31. The first kappa shape index (κ1) is 13.7. The fourth-order valence-electron chi connectivity index (χ4n) is 2.48. The molecule has 0 aromatic carbocycles. The Bertz CT molecular complexity index is 598. The summed E-state index contributed by atoms with van der Waals surface area (Å²) >= 11 is 0. The van der Waals surface area contributed by atoms with Crippen LogP contribution in [0.5, 0.6) is 5.75 Å². The highest BCUT2D eigenvalue weighted by Gasteiger charge is 2.23. The van der Waals surface area contributed by atoms with Crippen molar-refractivity contribution in [2.24, 2.45) is 7.05 Å². The Hall–Kier alpha value is -2.31. The molecular weight excluding hydrogens is 268 g/mol. The normalized spacial score (nSPS) is 16.2. The molecule has 0 aliphatic carbocycles. The molecule has 0 unspecified atom stereocenters. The van der Waals surface area contributed by atoms with Crippen LogP contribution in [0.2, 0.25) is 0 Å². The van der Waals surface area contributed by atoms with E-state index >= 15 is 0 Å². The number of ether oxygens (including phenoxy) is 1. The lowest BCUT2D eigenvalue weighted by molar-refractivity contribution is 0.170. The zero-order valence-corrected chi connectivity index (χ0v) is 12.4. The van der Waals surface area contributed by atoms with Crippen LogP contribution < -0.4 is 15.4 Å². The number of hydrogen-bond acceptors (Lipinski definition) is 6. The number of anilines is 2. The van der Waals surface area contributed by atoms with E-state index in [-0.39, 0.29) is 6.10 Å². The van der Waals surface area contributed by atoms with Crippen LogP contribution in [0.15, 0.2) is 18.3 Å². The van der Waals surface area contributed by atoms with Gasteiger partial charge in [0.15, 0.2) is 0 Å². The topological polar surface area (TPSA) is 82.1 Å². The third-order valence-electron chi connectivity index (χ3n) is 3.68. The van der Waals surface area contributed by atoms with Crippen molar-refractivity contribution >= 4 is 11.9 Å². The fourth-order valence-corrected chi connectivity index (χ4v) is 2.48. The van der Waals surface area contributed by atoms with Crippen molar-refractivity contribution in [1.82, 2.24) is 19.7 Å². The van der Waals surface area contributed by atoms with Crippen molar-refractivity contribution in [3.8, 4) is 5.75 Å². The minimum atomic E-state index is 0.226. The second-order valence-electron chi connectivity index (χ2n) is 5.33. The van der Waals surface area contributed by atoms with Gasteiger partial charge in [-0.15, -0.1) is 5.10 Å². The van der Waals surface area contributed by atoms with E-state index in [0.29, 0.717) is 11.9 Å². The van der Waals surface area contributed by atoms with Crippen LogP contribution in [0.1, 0.15) is 18.5 Å². The third-order valence-corrected chi connectivity index (χ3v) is 3.68. The minimum Gasteiger partial charge on any atom is -0.490 e. The monoisotopic (exact) mass is 288 g/mol. The Balaban J connectivity index is 1.57. The zero-order valence-electron chi connectivity index (χ0n) is 12.4. The third kappa shape index (κ3) is 3.07. The molecule has 0 amide bonds. The highest BCUT2D eigenvalue weighted by molar-refractivity contribution is 5.35. The Morgan fingerprint density at radius 1 is 1.33 bits per heavy atom. The quantitative estimate of drug-likeness (QED) is 0.912. The summed E-state index contributed by atoms with van der Waals surface area (Å²) in [5.41, 5.74) is 6.69. The van der Waals surface area contributed by atoms with Crippen LogP contribution in [0, 0.1) is 6.92 Å². The molecule has 0 atom stereocenters. The molecule has 1 aliphatic rings. The van der Waals surface area contributed by atoms with Crippen molar-refractivity contribution < 1.29 is 4.74 Å². The smallest absolute Gasteiger partial charge is 0.246 e. The van der Waals surface area contributed by atoms with E-state index in [1.54, 1.807) is 17.9 Å². The number of nitrogens with zero attached hydrogens (tertiary/aromatic N) is 5. The number of nitrogens with two attached hydrogens (primary N) is 1. The molecule has 1 aliphatic heterocycles. The predicted molar refractivity (Wildman–Crippen MR) is 80.3 cm³/mol. The summed E-state index contributed by atoms with van der Waals surface area (Å²) in [5.74, 6) is 2.03. The summed E-state index contributed by atoms with van der Waals surface area (Å²) in [6.45, 7) is 3.71. The number of aromatic nitrogens is 4. The maximum Gasteiger partial charge on any atom is 0.246 e. The second-order valence-corrected chi connectivity index (χ2v) is 5.33. The molecule has 3 rings (SSSR count). The van der Waals surface area contributed by atoms with Crippen molar-refractivity contribution in [2.75, 3.05) is 23.7 Å². The molecule has 0 saturated carbocycles. The van der Waals surface area contributed by atoms with Gasteiger partial charge >= 0.3 is 0 Å². The molecule has 1 saturated heterocycles. The van der Waals surface area contributed by atoms with Gasteiger partial charge in [-0.1, -0.05) is 0 Å². The van der Waals surface area contributed by atoms with Gasteiger partial charge in [0.05, 0.1) is 0 Å². The van der Waals surface area contributed by atoms with Crippen LogP contribution in [0.4, 0.5) is 11.9 Å². The highest BCUT2D eigenvalue weighted by atomic mass is 16.5. The van der Waals surface area contributed by atoms with Crippen LogP contribution >= 0.6 is 0 Å². The number of aryl methyl sites for hydroxylation is 2. The number of hydrogen-bond donors (Lipinski definition) is 1. The van der Waals surface area contributed by atoms with E-state index in [4.69, 9.17) is 10.5 Å². The summed E-state index contributed by atoms with van der Waals surface area (Å²) in [4.78, 5) is 10.6. The summed E-state index contributed by atoms with van der Waals surface area (Å²) in [7, 11) is 1.80. The molecule has 0 bridgehead atoms. The molecule has 7 nitrogen and oxygen atoms in total. The van der Waals surface area contributed by atoms with E-state index < -0.39 is 0 Å². The summed E-state index contributed by atoms with van der Waals surface area (Å²) in [6, 6.07) is 3.87. The van der Waals surface area contributed by atoms with Crippen LogP contribution in [0.3, 0.4) is 0 Å². The zero-order chi connectivity index (χ0) is 14.8. The van der Waals surface area contributed by atoms with Gasteiger partial charge in [0, 0.05) is 50.9 Å². The maximum absolute atomic E-state index is 6.01. The molecule has 2 aromatic heterocycles. The number of pyridine rings is 1. The molecule has 1 fully saturated rings. The van der Waals surface area contributed by atoms with Gasteiger partial charge in [0.1, 0.15) is 11.9 Å². The van der Waals surface area contributed by atoms with Gasteiger partial charge < -0.3 is 15.4 Å². The van der Waals surface area contributed by atoms with Crippen molar-refractivity contribution in [3.63, 3.8) is 0 Å². The number of rotatable bonds is 3. The maximum atomic E-state index is 6.01. The van der Waals surface area contributed by atoms with Gasteiger partial charge in [0.25, 0.3) is 0 Å². The molecule has 3 heterocycles. The minimum absolute atomic E-state index is 0.226. The molecule has 2 N–H and O–H groups in total. The molecule has 7 heteroatoms. The first-order chi connectivity index (χ1) is 10.1. The van der Waals surface area contributed by atoms with E-state index in [1.807, 2.05) is 19.1 Å². The highest BCUT2D eigenvalue weighted by Crippen LogP contribution is 2.21. The number of nitrogen functional groups attached to an aromatic ring is 1.